The maximum absolute atomic E-state index is 10.5. The molecule has 2 atom stereocenters. The summed E-state index contributed by atoms with van der Waals surface area (Å²) in [6, 6.07) is 0.504. The zero-order valence-corrected chi connectivity index (χ0v) is 7.96. The summed E-state index contributed by atoms with van der Waals surface area (Å²) in [6.07, 6.45) is 4.06. The van der Waals surface area contributed by atoms with E-state index >= 15 is 0 Å². The van der Waals surface area contributed by atoms with Gasteiger partial charge in [-0.25, -0.2) is 0 Å². The summed E-state index contributed by atoms with van der Waals surface area (Å²) in [5, 5.41) is 3.33. The molecule has 0 bridgehead atoms. The SMILES string of the molecule is NCC1CCCC1NCCC(N)=O. The predicted molar refractivity (Wildman–Crippen MR) is 52.0 cm³/mol. The zero-order valence-electron chi connectivity index (χ0n) is 7.96. The third kappa shape index (κ3) is 3.32. The second-order valence-corrected chi connectivity index (χ2v) is 3.70. The lowest BCUT2D eigenvalue weighted by molar-refractivity contribution is -0.117. The third-order valence-electron chi connectivity index (χ3n) is 2.74. The van der Waals surface area contributed by atoms with Crippen LogP contribution in [0.5, 0.6) is 0 Å². The first kappa shape index (κ1) is 10.5. The Hall–Kier alpha value is -0.610. The van der Waals surface area contributed by atoms with Crippen molar-refractivity contribution in [3.63, 3.8) is 0 Å². The van der Waals surface area contributed by atoms with Gasteiger partial charge >= 0.3 is 0 Å². The zero-order chi connectivity index (χ0) is 9.68. The summed E-state index contributed by atoms with van der Waals surface area (Å²) in [5.74, 6) is 0.350. The van der Waals surface area contributed by atoms with Gasteiger partial charge in [0.05, 0.1) is 0 Å². The fraction of sp³-hybridized carbons (Fsp3) is 0.889. The fourth-order valence-corrected chi connectivity index (χ4v) is 1.97. The van der Waals surface area contributed by atoms with Gasteiger partial charge < -0.3 is 16.8 Å². The van der Waals surface area contributed by atoms with E-state index in [1.165, 1.54) is 19.3 Å². The van der Waals surface area contributed by atoms with Crippen LogP contribution in [-0.2, 0) is 4.79 Å². The molecule has 0 spiro atoms. The summed E-state index contributed by atoms with van der Waals surface area (Å²) in [7, 11) is 0. The minimum Gasteiger partial charge on any atom is -0.370 e. The van der Waals surface area contributed by atoms with Crippen molar-refractivity contribution in [2.45, 2.75) is 31.7 Å². The highest BCUT2D eigenvalue weighted by Gasteiger charge is 2.24. The van der Waals surface area contributed by atoms with Crippen LogP contribution in [0, 0.1) is 5.92 Å². The predicted octanol–water partition coefficient (Wildman–Crippen LogP) is -0.421. The Labute approximate surface area is 79.0 Å². The number of rotatable bonds is 5. The molecule has 0 radical (unpaired) electrons. The summed E-state index contributed by atoms with van der Waals surface area (Å²) in [5.41, 5.74) is 10.7. The molecule has 5 N–H and O–H groups in total. The van der Waals surface area contributed by atoms with Gasteiger partial charge in [0.2, 0.25) is 5.91 Å². The molecule has 1 amide bonds. The molecule has 0 aromatic carbocycles. The van der Waals surface area contributed by atoms with E-state index < -0.39 is 0 Å². The molecular weight excluding hydrogens is 166 g/mol. The Bertz CT molecular complexity index is 172. The van der Waals surface area contributed by atoms with E-state index in [9.17, 15) is 4.79 Å². The second kappa shape index (κ2) is 5.19. The van der Waals surface area contributed by atoms with Crippen LogP contribution in [0.25, 0.3) is 0 Å². The molecule has 0 aliphatic heterocycles. The molecule has 4 heteroatoms. The lowest BCUT2D eigenvalue weighted by Crippen LogP contribution is -2.37. The molecule has 1 aliphatic carbocycles. The lowest BCUT2D eigenvalue weighted by atomic mass is 10.0. The summed E-state index contributed by atoms with van der Waals surface area (Å²) in [6.45, 7) is 1.44. The van der Waals surface area contributed by atoms with Gasteiger partial charge in [-0.3, -0.25) is 4.79 Å². The second-order valence-electron chi connectivity index (χ2n) is 3.70. The maximum Gasteiger partial charge on any atom is 0.218 e. The van der Waals surface area contributed by atoms with Crippen LogP contribution < -0.4 is 16.8 Å². The van der Waals surface area contributed by atoms with Crippen molar-refractivity contribution < 1.29 is 4.79 Å². The number of nitrogens with two attached hydrogens (primary N) is 2. The Morgan fingerprint density at radius 1 is 1.46 bits per heavy atom. The molecule has 0 saturated heterocycles. The Morgan fingerprint density at radius 2 is 2.23 bits per heavy atom. The van der Waals surface area contributed by atoms with E-state index in [0.717, 1.165) is 6.54 Å². The number of carbonyl (C=O) groups is 1. The molecule has 1 saturated carbocycles. The van der Waals surface area contributed by atoms with Gasteiger partial charge in [0.1, 0.15) is 0 Å². The molecule has 2 unspecified atom stereocenters. The maximum atomic E-state index is 10.5. The first-order valence-corrected chi connectivity index (χ1v) is 4.95. The smallest absolute Gasteiger partial charge is 0.218 e. The highest BCUT2D eigenvalue weighted by molar-refractivity contribution is 5.73. The first-order chi connectivity index (χ1) is 6.24. The minimum atomic E-state index is -0.241. The van der Waals surface area contributed by atoms with Crippen LogP contribution in [0.3, 0.4) is 0 Å². The van der Waals surface area contributed by atoms with Crippen molar-refractivity contribution in [1.29, 1.82) is 0 Å². The third-order valence-corrected chi connectivity index (χ3v) is 2.74. The van der Waals surface area contributed by atoms with Crippen molar-refractivity contribution in [2.24, 2.45) is 17.4 Å². The molecule has 1 rings (SSSR count). The molecule has 4 nitrogen and oxygen atoms in total. The Balaban J connectivity index is 2.16. The summed E-state index contributed by atoms with van der Waals surface area (Å²) >= 11 is 0. The largest absolute Gasteiger partial charge is 0.370 e. The monoisotopic (exact) mass is 185 g/mol. The molecule has 0 aromatic heterocycles. The van der Waals surface area contributed by atoms with E-state index in [4.69, 9.17) is 11.5 Å². The number of carbonyl (C=O) groups excluding carboxylic acids is 1. The van der Waals surface area contributed by atoms with Gasteiger partial charge in [-0.2, -0.15) is 0 Å². The van der Waals surface area contributed by atoms with E-state index in [1.807, 2.05) is 0 Å². The molecule has 1 aliphatic rings. The molecule has 1 fully saturated rings. The van der Waals surface area contributed by atoms with Crippen molar-refractivity contribution in [2.75, 3.05) is 13.1 Å². The Kier molecular flexibility index (Phi) is 4.18. The van der Waals surface area contributed by atoms with E-state index in [2.05, 4.69) is 5.32 Å². The first-order valence-electron chi connectivity index (χ1n) is 4.95. The number of hydrogen-bond donors (Lipinski definition) is 3. The van der Waals surface area contributed by atoms with Gasteiger partial charge in [0.25, 0.3) is 0 Å². The minimum absolute atomic E-state index is 0.241. The highest BCUT2D eigenvalue weighted by atomic mass is 16.1. The summed E-state index contributed by atoms with van der Waals surface area (Å²) < 4.78 is 0. The molecule has 13 heavy (non-hydrogen) atoms. The lowest BCUT2D eigenvalue weighted by Gasteiger charge is -2.18. The summed E-state index contributed by atoms with van der Waals surface area (Å²) in [4.78, 5) is 10.5. The number of nitrogens with one attached hydrogen (secondary N) is 1. The quantitative estimate of drug-likeness (QED) is 0.544. The van der Waals surface area contributed by atoms with E-state index in [0.29, 0.717) is 24.9 Å². The van der Waals surface area contributed by atoms with Crippen LogP contribution >= 0.6 is 0 Å². The van der Waals surface area contributed by atoms with Gasteiger partial charge in [0.15, 0.2) is 0 Å². The molecule has 0 heterocycles. The van der Waals surface area contributed by atoms with Crippen LogP contribution in [0.4, 0.5) is 0 Å². The fourth-order valence-electron chi connectivity index (χ4n) is 1.97. The van der Waals surface area contributed by atoms with Gasteiger partial charge in [-0.1, -0.05) is 6.42 Å². The Morgan fingerprint density at radius 3 is 2.85 bits per heavy atom. The molecule has 76 valence electrons. The van der Waals surface area contributed by atoms with Crippen molar-refractivity contribution in [3.8, 4) is 0 Å². The van der Waals surface area contributed by atoms with Crippen LogP contribution in [0.1, 0.15) is 25.7 Å². The normalized spacial score (nSPS) is 27.8. The number of hydrogen-bond acceptors (Lipinski definition) is 3. The highest BCUT2D eigenvalue weighted by Crippen LogP contribution is 2.24. The van der Waals surface area contributed by atoms with Crippen molar-refractivity contribution >= 4 is 5.91 Å². The van der Waals surface area contributed by atoms with Gasteiger partial charge in [-0.05, 0) is 25.3 Å². The van der Waals surface area contributed by atoms with Crippen LogP contribution in [0.15, 0.2) is 0 Å². The molecule has 0 aromatic rings. The molecular formula is C9H19N3O. The van der Waals surface area contributed by atoms with Crippen LogP contribution in [-0.4, -0.2) is 25.0 Å². The average Bonchev–Trinajstić information content (AvgIpc) is 2.51. The standard InChI is InChI=1S/C9H19N3O/c10-6-7-2-1-3-8(7)12-5-4-9(11)13/h7-8,12H,1-6,10H2,(H2,11,13). The van der Waals surface area contributed by atoms with Crippen LogP contribution in [0.2, 0.25) is 0 Å². The van der Waals surface area contributed by atoms with E-state index in [1.54, 1.807) is 0 Å². The van der Waals surface area contributed by atoms with Crippen molar-refractivity contribution in [3.05, 3.63) is 0 Å². The van der Waals surface area contributed by atoms with E-state index in [-0.39, 0.29) is 5.91 Å². The average molecular weight is 185 g/mol. The van der Waals surface area contributed by atoms with Gasteiger partial charge in [-0.15, -0.1) is 0 Å². The topological polar surface area (TPSA) is 81.1 Å². The van der Waals surface area contributed by atoms with Gasteiger partial charge in [0, 0.05) is 19.0 Å². The van der Waals surface area contributed by atoms with Crippen molar-refractivity contribution in [1.82, 2.24) is 5.32 Å². The number of amides is 1. The number of primary amides is 1.